The molecule has 0 aliphatic carbocycles. The first-order valence-corrected chi connectivity index (χ1v) is 8.74. The zero-order valence-corrected chi connectivity index (χ0v) is 15.3. The Morgan fingerprint density at radius 3 is 2.48 bits per heavy atom. The number of hydrogen-bond acceptors (Lipinski definition) is 2. The van der Waals surface area contributed by atoms with Gasteiger partial charge in [-0.15, -0.1) is 0 Å². The van der Waals surface area contributed by atoms with Gasteiger partial charge in [-0.3, -0.25) is 9.36 Å². The van der Waals surface area contributed by atoms with E-state index in [9.17, 15) is 4.79 Å². The zero-order chi connectivity index (χ0) is 17.8. The molecule has 4 nitrogen and oxygen atoms in total. The molecular formula is C20H22ClN3O. The molecule has 0 spiro atoms. The molecule has 1 heterocycles. The molecule has 0 bridgehead atoms. The van der Waals surface area contributed by atoms with E-state index >= 15 is 0 Å². The predicted octanol–water partition coefficient (Wildman–Crippen LogP) is 3.97. The molecule has 0 atom stereocenters. The lowest BCUT2D eigenvalue weighted by atomic mass is 10.1. The summed E-state index contributed by atoms with van der Waals surface area (Å²) in [5.74, 6) is -0.130. The number of benzene rings is 2. The van der Waals surface area contributed by atoms with Crippen LogP contribution in [0.2, 0.25) is 5.15 Å². The van der Waals surface area contributed by atoms with E-state index in [1.807, 2.05) is 73.3 Å². The Hall–Kier alpha value is -2.30. The topological polar surface area (TPSA) is 37.3 Å². The fraction of sp³-hybridized carbons (Fsp3) is 0.250. The van der Waals surface area contributed by atoms with Crippen molar-refractivity contribution in [2.24, 2.45) is 0 Å². The molecule has 5 heteroatoms. The highest BCUT2D eigenvalue weighted by atomic mass is 35.5. The van der Waals surface area contributed by atoms with Crippen molar-refractivity contribution in [3.05, 3.63) is 65.3 Å². The van der Waals surface area contributed by atoms with Crippen molar-refractivity contribution < 1.29 is 4.79 Å². The molecule has 0 fully saturated rings. The highest BCUT2D eigenvalue weighted by Gasteiger charge is 2.21. The number of hydrogen-bond donors (Lipinski definition) is 1. The van der Waals surface area contributed by atoms with Crippen LogP contribution >= 0.6 is 11.6 Å². The van der Waals surface area contributed by atoms with Crippen molar-refractivity contribution >= 4 is 28.4 Å². The van der Waals surface area contributed by atoms with Gasteiger partial charge in [0.1, 0.15) is 5.15 Å². The van der Waals surface area contributed by atoms with Crippen LogP contribution in [0.15, 0.2) is 54.6 Å². The summed E-state index contributed by atoms with van der Waals surface area (Å²) >= 11 is 6.64. The zero-order valence-electron chi connectivity index (χ0n) is 14.5. The predicted molar refractivity (Wildman–Crippen MR) is 104 cm³/mol. The molecule has 1 aromatic heterocycles. The molecule has 130 valence electrons. The Kier molecular flexibility index (Phi) is 5.41. The van der Waals surface area contributed by atoms with Gasteiger partial charge in [0.15, 0.2) is 0 Å². The van der Waals surface area contributed by atoms with Crippen molar-refractivity contribution in [2.75, 3.05) is 27.2 Å². The Morgan fingerprint density at radius 1 is 1.08 bits per heavy atom. The van der Waals surface area contributed by atoms with Crippen LogP contribution in [0, 0.1) is 0 Å². The van der Waals surface area contributed by atoms with Crippen molar-refractivity contribution in [3.8, 4) is 5.69 Å². The van der Waals surface area contributed by atoms with E-state index in [0.29, 0.717) is 17.3 Å². The third-order valence-electron chi connectivity index (χ3n) is 4.13. The summed E-state index contributed by atoms with van der Waals surface area (Å²) in [5, 5.41) is 4.29. The average Bonchev–Trinajstić information content (AvgIpc) is 2.91. The number of nitrogens with zero attached hydrogens (tertiary/aromatic N) is 2. The third-order valence-corrected chi connectivity index (χ3v) is 4.48. The minimum atomic E-state index is -0.130. The monoisotopic (exact) mass is 355 g/mol. The molecule has 0 saturated heterocycles. The molecule has 1 amide bonds. The van der Waals surface area contributed by atoms with E-state index < -0.39 is 0 Å². The number of carbonyl (C=O) groups excluding carboxylic acids is 1. The maximum atomic E-state index is 12.7. The minimum Gasteiger partial charge on any atom is -0.352 e. The van der Waals surface area contributed by atoms with Gasteiger partial charge < -0.3 is 10.2 Å². The summed E-state index contributed by atoms with van der Waals surface area (Å²) in [6.07, 6.45) is 0.897. The van der Waals surface area contributed by atoms with Crippen LogP contribution in [0.5, 0.6) is 0 Å². The molecule has 1 N–H and O–H groups in total. The largest absolute Gasteiger partial charge is 0.352 e. The van der Waals surface area contributed by atoms with Gasteiger partial charge in [-0.2, -0.15) is 0 Å². The SMILES string of the molecule is CN(C)CCCNC(=O)c1c(Cl)n(-c2ccccc2)c2ccccc12. The Labute approximate surface area is 153 Å². The number of para-hydroxylation sites is 2. The number of rotatable bonds is 6. The van der Waals surface area contributed by atoms with Crippen LogP contribution in [0.1, 0.15) is 16.8 Å². The molecule has 0 saturated carbocycles. The van der Waals surface area contributed by atoms with Gasteiger partial charge in [-0.25, -0.2) is 0 Å². The van der Waals surface area contributed by atoms with E-state index in [0.717, 1.165) is 29.6 Å². The minimum absolute atomic E-state index is 0.130. The highest BCUT2D eigenvalue weighted by Crippen LogP contribution is 2.32. The lowest BCUT2D eigenvalue weighted by Crippen LogP contribution is -2.27. The van der Waals surface area contributed by atoms with Crippen molar-refractivity contribution in [1.29, 1.82) is 0 Å². The van der Waals surface area contributed by atoms with E-state index in [1.165, 1.54) is 0 Å². The van der Waals surface area contributed by atoms with Crippen LogP contribution in [0.4, 0.5) is 0 Å². The van der Waals surface area contributed by atoms with Crippen LogP contribution in [-0.4, -0.2) is 42.6 Å². The number of fused-ring (bicyclic) bond motifs is 1. The first-order valence-electron chi connectivity index (χ1n) is 8.37. The lowest BCUT2D eigenvalue weighted by molar-refractivity contribution is 0.0954. The van der Waals surface area contributed by atoms with Crippen LogP contribution in [0.3, 0.4) is 0 Å². The first kappa shape index (κ1) is 17.5. The summed E-state index contributed by atoms with van der Waals surface area (Å²) < 4.78 is 1.92. The Balaban J connectivity index is 1.96. The molecule has 3 aromatic rings. The second kappa shape index (κ2) is 7.72. The molecule has 3 rings (SSSR count). The van der Waals surface area contributed by atoms with E-state index in [4.69, 9.17) is 11.6 Å². The smallest absolute Gasteiger partial charge is 0.255 e. The van der Waals surface area contributed by atoms with E-state index in [2.05, 4.69) is 10.2 Å². The number of amides is 1. The summed E-state index contributed by atoms with van der Waals surface area (Å²) in [5.41, 5.74) is 2.40. The maximum absolute atomic E-state index is 12.7. The van der Waals surface area contributed by atoms with Gasteiger partial charge in [0.05, 0.1) is 11.1 Å². The van der Waals surface area contributed by atoms with Crippen molar-refractivity contribution in [3.63, 3.8) is 0 Å². The van der Waals surface area contributed by atoms with E-state index in [1.54, 1.807) is 0 Å². The van der Waals surface area contributed by atoms with Gasteiger partial charge in [-0.1, -0.05) is 48.0 Å². The van der Waals surface area contributed by atoms with Crippen LogP contribution in [-0.2, 0) is 0 Å². The highest BCUT2D eigenvalue weighted by molar-refractivity contribution is 6.36. The van der Waals surface area contributed by atoms with Gasteiger partial charge in [-0.05, 0) is 45.3 Å². The number of nitrogens with one attached hydrogen (secondary N) is 1. The second-order valence-electron chi connectivity index (χ2n) is 6.27. The fourth-order valence-electron chi connectivity index (χ4n) is 2.94. The summed E-state index contributed by atoms with van der Waals surface area (Å²) in [4.78, 5) is 14.8. The van der Waals surface area contributed by atoms with Crippen molar-refractivity contribution in [1.82, 2.24) is 14.8 Å². The standard InChI is InChI=1S/C20H22ClN3O/c1-23(2)14-8-13-22-20(25)18-16-11-6-7-12-17(16)24(19(18)21)15-9-4-3-5-10-15/h3-7,9-12H,8,13-14H2,1-2H3,(H,22,25). The molecular weight excluding hydrogens is 334 g/mol. The molecule has 2 aromatic carbocycles. The normalized spacial score (nSPS) is 11.2. The quantitative estimate of drug-likeness (QED) is 0.679. The van der Waals surface area contributed by atoms with Crippen LogP contribution in [0.25, 0.3) is 16.6 Å². The number of carbonyl (C=O) groups is 1. The van der Waals surface area contributed by atoms with Crippen LogP contribution < -0.4 is 5.32 Å². The number of halogens is 1. The number of aromatic nitrogens is 1. The van der Waals surface area contributed by atoms with Gasteiger partial charge >= 0.3 is 0 Å². The molecule has 0 aliphatic heterocycles. The fourth-order valence-corrected chi connectivity index (χ4v) is 3.32. The van der Waals surface area contributed by atoms with Gasteiger partial charge in [0.25, 0.3) is 5.91 Å². The molecule has 25 heavy (non-hydrogen) atoms. The van der Waals surface area contributed by atoms with Gasteiger partial charge in [0.2, 0.25) is 0 Å². The van der Waals surface area contributed by atoms with E-state index in [-0.39, 0.29) is 5.91 Å². The second-order valence-corrected chi connectivity index (χ2v) is 6.62. The molecule has 0 radical (unpaired) electrons. The Bertz CT molecular complexity index is 871. The molecule has 0 aliphatic rings. The van der Waals surface area contributed by atoms with Crippen molar-refractivity contribution in [2.45, 2.75) is 6.42 Å². The third kappa shape index (κ3) is 3.70. The average molecular weight is 356 g/mol. The Morgan fingerprint density at radius 2 is 1.76 bits per heavy atom. The summed E-state index contributed by atoms with van der Waals surface area (Å²) in [6.45, 7) is 1.55. The van der Waals surface area contributed by atoms with Gasteiger partial charge in [0, 0.05) is 17.6 Å². The first-order chi connectivity index (χ1) is 12.1. The lowest BCUT2D eigenvalue weighted by Gasteiger charge is -2.10. The maximum Gasteiger partial charge on any atom is 0.255 e. The summed E-state index contributed by atoms with van der Waals surface area (Å²) in [7, 11) is 4.04. The summed E-state index contributed by atoms with van der Waals surface area (Å²) in [6, 6.07) is 17.7. The molecule has 0 unspecified atom stereocenters.